The van der Waals surface area contributed by atoms with Crippen molar-refractivity contribution < 1.29 is 19.0 Å². The first kappa shape index (κ1) is 14.8. The molecule has 3 rings (SSSR count). The number of rotatable bonds is 4. The fourth-order valence-electron chi connectivity index (χ4n) is 2.19. The largest absolute Gasteiger partial charge is 0.486 e. The Bertz CT molecular complexity index is 684. The lowest BCUT2D eigenvalue weighted by atomic mass is 10.1. The summed E-state index contributed by atoms with van der Waals surface area (Å²) in [5.41, 5.74) is 1.64. The van der Waals surface area contributed by atoms with Crippen LogP contribution in [0, 0.1) is 0 Å². The molecule has 1 aliphatic rings. The second kappa shape index (κ2) is 6.75. The lowest BCUT2D eigenvalue weighted by Crippen LogP contribution is -2.15. The van der Waals surface area contributed by atoms with Crippen LogP contribution in [0.4, 0.5) is 0 Å². The zero-order valence-corrected chi connectivity index (χ0v) is 13.0. The minimum atomic E-state index is -0.314. The standard InChI is InChI=1S/C17H16O4S/c1-19-17(18)13-4-2-3-12(9-13)11-22-14-5-6-15-16(10-14)21-8-7-20-15/h2-6,9-10H,7-8,11H2,1H3. The summed E-state index contributed by atoms with van der Waals surface area (Å²) >= 11 is 1.69. The van der Waals surface area contributed by atoms with E-state index in [2.05, 4.69) is 0 Å². The number of hydrogen-bond acceptors (Lipinski definition) is 5. The smallest absolute Gasteiger partial charge is 0.337 e. The van der Waals surface area contributed by atoms with Crippen LogP contribution < -0.4 is 9.47 Å². The van der Waals surface area contributed by atoms with Gasteiger partial charge in [0.25, 0.3) is 0 Å². The molecule has 0 amide bonds. The fraction of sp³-hybridized carbons (Fsp3) is 0.235. The number of fused-ring (bicyclic) bond motifs is 1. The predicted molar refractivity (Wildman–Crippen MR) is 84.8 cm³/mol. The van der Waals surface area contributed by atoms with Crippen molar-refractivity contribution in [1.29, 1.82) is 0 Å². The molecule has 22 heavy (non-hydrogen) atoms. The van der Waals surface area contributed by atoms with Crippen LogP contribution in [0.25, 0.3) is 0 Å². The third-order valence-electron chi connectivity index (χ3n) is 3.27. The maximum absolute atomic E-state index is 11.5. The van der Waals surface area contributed by atoms with Crippen LogP contribution in [-0.2, 0) is 10.5 Å². The van der Waals surface area contributed by atoms with Crippen molar-refractivity contribution >= 4 is 17.7 Å². The maximum atomic E-state index is 11.5. The van der Waals surface area contributed by atoms with Gasteiger partial charge in [0, 0.05) is 10.6 Å². The molecule has 2 aromatic carbocycles. The molecule has 2 aromatic rings. The van der Waals surface area contributed by atoms with Crippen LogP contribution in [0.1, 0.15) is 15.9 Å². The zero-order valence-electron chi connectivity index (χ0n) is 12.2. The van der Waals surface area contributed by atoms with Gasteiger partial charge in [0.05, 0.1) is 12.7 Å². The van der Waals surface area contributed by atoms with Crippen molar-refractivity contribution in [2.75, 3.05) is 20.3 Å². The summed E-state index contributed by atoms with van der Waals surface area (Å²) in [6.07, 6.45) is 0. The highest BCUT2D eigenvalue weighted by atomic mass is 32.2. The quantitative estimate of drug-likeness (QED) is 0.638. The van der Waals surface area contributed by atoms with Crippen molar-refractivity contribution in [2.24, 2.45) is 0 Å². The van der Waals surface area contributed by atoms with E-state index in [1.807, 2.05) is 36.4 Å². The molecule has 0 bridgehead atoms. The van der Waals surface area contributed by atoms with Crippen LogP contribution in [0.3, 0.4) is 0 Å². The molecule has 0 atom stereocenters. The van der Waals surface area contributed by atoms with Gasteiger partial charge in [-0.05, 0) is 35.9 Å². The number of methoxy groups -OCH3 is 1. The van der Waals surface area contributed by atoms with Gasteiger partial charge in [0.15, 0.2) is 11.5 Å². The molecular formula is C17H16O4S. The molecular weight excluding hydrogens is 300 g/mol. The van der Waals surface area contributed by atoms with E-state index in [1.165, 1.54) is 7.11 Å². The van der Waals surface area contributed by atoms with Crippen LogP contribution in [0.15, 0.2) is 47.4 Å². The highest BCUT2D eigenvalue weighted by Crippen LogP contribution is 2.35. The Morgan fingerprint density at radius 1 is 1.14 bits per heavy atom. The Labute approximate surface area is 133 Å². The number of carbonyl (C=O) groups excluding carboxylic acids is 1. The van der Waals surface area contributed by atoms with Gasteiger partial charge in [-0.1, -0.05) is 12.1 Å². The predicted octanol–water partition coefficient (Wildman–Crippen LogP) is 3.54. The zero-order chi connectivity index (χ0) is 15.4. The molecule has 0 fully saturated rings. The van der Waals surface area contributed by atoms with E-state index in [0.717, 1.165) is 27.7 Å². The molecule has 5 heteroatoms. The summed E-state index contributed by atoms with van der Waals surface area (Å²) in [6.45, 7) is 1.18. The first-order chi connectivity index (χ1) is 10.8. The molecule has 0 saturated heterocycles. The topological polar surface area (TPSA) is 44.8 Å². The van der Waals surface area contributed by atoms with E-state index in [1.54, 1.807) is 17.8 Å². The average Bonchev–Trinajstić information content (AvgIpc) is 2.59. The van der Waals surface area contributed by atoms with Gasteiger partial charge in [-0.25, -0.2) is 4.79 Å². The van der Waals surface area contributed by atoms with Gasteiger partial charge in [0.2, 0.25) is 0 Å². The number of hydrogen-bond donors (Lipinski definition) is 0. The van der Waals surface area contributed by atoms with Gasteiger partial charge in [0.1, 0.15) is 13.2 Å². The number of thioether (sulfide) groups is 1. The van der Waals surface area contributed by atoms with E-state index >= 15 is 0 Å². The van der Waals surface area contributed by atoms with E-state index in [9.17, 15) is 4.79 Å². The van der Waals surface area contributed by atoms with Gasteiger partial charge < -0.3 is 14.2 Å². The molecule has 0 radical (unpaired) electrons. The van der Waals surface area contributed by atoms with Crippen LogP contribution in [0.2, 0.25) is 0 Å². The summed E-state index contributed by atoms with van der Waals surface area (Å²) in [4.78, 5) is 12.6. The third-order valence-corrected chi connectivity index (χ3v) is 4.33. The van der Waals surface area contributed by atoms with E-state index < -0.39 is 0 Å². The number of ether oxygens (including phenoxy) is 3. The Kier molecular flexibility index (Phi) is 4.53. The molecule has 0 saturated carbocycles. The van der Waals surface area contributed by atoms with E-state index in [0.29, 0.717) is 18.8 Å². The van der Waals surface area contributed by atoms with Gasteiger partial charge in [-0.2, -0.15) is 0 Å². The van der Waals surface area contributed by atoms with Gasteiger partial charge in [-0.3, -0.25) is 0 Å². The van der Waals surface area contributed by atoms with Crippen molar-refractivity contribution in [3.63, 3.8) is 0 Å². The SMILES string of the molecule is COC(=O)c1cccc(CSc2ccc3c(c2)OCCO3)c1. The molecule has 0 aromatic heterocycles. The summed E-state index contributed by atoms with van der Waals surface area (Å²) < 4.78 is 15.8. The molecule has 1 heterocycles. The third kappa shape index (κ3) is 3.36. The van der Waals surface area contributed by atoms with Crippen molar-refractivity contribution in [3.05, 3.63) is 53.6 Å². The van der Waals surface area contributed by atoms with Gasteiger partial charge in [-0.15, -0.1) is 11.8 Å². The molecule has 0 spiro atoms. The van der Waals surface area contributed by atoms with Gasteiger partial charge >= 0.3 is 5.97 Å². The normalized spacial score (nSPS) is 12.8. The van der Waals surface area contributed by atoms with E-state index in [4.69, 9.17) is 14.2 Å². The summed E-state index contributed by atoms with van der Waals surface area (Å²) in [5, 5.41) is 0. The lowest BCUT2D eigenvalue weighted by molar-refractivity contribution is 0.0600. The summed E-state index contributed by atoms with van der Waals surface area (Å²) in [5.74, 6) is 2.04. The Morgan fingerprint density at radius 3 is 2.77 bits per heavy atom. The minimum Gasteiger partial charge on any atom is -0.486 e. The maximum Gasteiger partial charge on any atom is 0.337 e. The molecule has 4 nitrogen and oxygen atoms in total. The molecule has 0 N–H and O–H groups in total. The monoisotopic (exact) mass is 316 g/mol. The number of benzene rings is 2. The minimum absolute atomic E-state index is 0.314. The second-order valence-corrected chi connectivity index (χ2v) is 5.83. The van der Waals surface area contributed by atoms with Crippen molar-refractivity contribution in [3.8, 4) is 11.5 Å². The first-order valence-electron chi connectivity index (χ1n) is 6.96. The van der Waals surface area contributed by atoms with E-state index in [-0.39, 0.29) is 5.97 Å². The Hall–Kier alpha value is -2.14. The molecule has 0 unspecified atom stereocenters. The summed E-state index contributed by atoms with van der Waals surface area (Å²) in [7, 11) is 1.39. The molecule has 0 aliphatic carbocycles. The lowest BCUT2D eigenvalue weighted by Gasteiger charge is -2.18. The van der Waals surface area contributed by atoms with Crippen LogP contribution in [0.5, 0.6) is 11.5 Å². The number of carbonyl (C=O) groups is 1. The Balaban J connectivity index is 1.68. The Morgan fingerprint density at radius 2 is 1.95 bits per heavy atom. The summed E-state index contributed by atoms with van der Waals surface area (Å²) in [6, 6.07) is 13.4. The highest BCUT2D eigenvalue weighted by molar-refractivity contribution is 7.98. The van der Waals surface area contributed by atoms with Crippen molar-refractivity contribution in [1.82, 2.24) is 0 Å². The highest BCUT2D eigenvalue weighted by Gasteiger charge is 2.12. The average molecular weight is 316 g/mol. The second-order valence-electron chi connectivity index (χ2n) is 4.79. The fourth-order valence-corrected chi connectivity index (χ4v) is 3.05. The van der Waals surface area contributed by atoms with Crippen LogP contribution in [-0.4, -0.2) is 26.3 Å². The number of esters is 1. The molecule has 1 aliphatic heterocycles. The van der Waals surface area contributed by atoms with Crippen molar-refractivity contribution in [2.45, 2.75) is 10.6 Å². The molecule has 114 valence electrons. The van der Waals surface area contributed by atoms with Crippen LogP contribution >= 0.6 is 11.8 Å². The first-order valence-corrected chi connectivity index (χ1v) is 7.94.